The summed E-state index contributed by atoms with van der Waals surface area (Å²) in [6, 6.07) is 0.159. The van der Waals surface area contributed by atoms with Gasteiger partial charge in [0, 0.05) is 37.9 Å². The van der Waals surface area contributed by atoms with Gasteiger partial charge >= 0.3 is 0 Å². The van der Waals surface area contributed by atoms with Crippen LogP contribution in [0, 0.1) is 0 Å². The highest BCUT2D eigenvalue weighted by atomic mass is 16.1. The smallest absolute Gasteiger partial charge is 0.221 e. The number of amides is 1. The first-order valence-corrected chi connectivity index (χ1v) is 7.21. The van der Waals surface area contributed by atoms with Crippen LogP contribution in [0.4, 0.5) is 11.6 Å². The van der Waals surface area contributed by atoms with Crippen molar-refractivity contribution in [3.63, 3.8) is 0 Å². The van der Waals surface area contributed by atoms with Crippen molar-refractivity contribution < 1.29 is 4.79 Å². The number of anilines is 2. The van der Waals surface area contributed by atoms with E-state index in [2.05, 4.69) is 25.9 Å². The Bertz CT molecular complexity index is 607. The molecule has 0 aliphatic carbocycles. The van der Waals surface area contributed by atoms with Gasteiger partial charge in [-0.15, -0.1) is 0 Å². The average molecular weight is 290 g/mol. The largest absolute Gasteiger partial charge is 0.369 e. The second-order valence-corrected chi connectivity index (χ2v) is 5.06. The van der Waals surface area contributed by atoms with Gasteiger partial charge in [0.1, 0.15) is 5.82 Å². The van der Waals surface area contributed by atoms with E-state index >= 15 is 0 Å². The first-order valence-electron chi connectivity index (χ1n) is 7.21. The number of carbonyl (C=O) groups is 1. The summed E-state index contributed by atoms with van der Waals surface area (Å²) in [5.41, 5.74) is 0.751. The highest BCUT2D eigenvalue weighted by Gasteiger charge is 2.08. The van der Waals surface area contributed by atoms with Crippen molar-refractivity contribution in [2.24, 2.45) is 0 Å². The first kappa shape index (κ1) is 15.1. The standard InChI is InChI=1S/C14H22N6O/c1-4-15-11-9-20-8-7-17-14(20)13(19-11)16-6-5-12(21)18-10(2)3/h7-10,15H,4-6H2,1-3H3,(H,16,19)(H,18,21). The molecule has 0 aromatic carbocycles. The molecule has 2 rings (SSSR count). The molecule has 0 atom stereocenters. The summed E-state index contributed by atoms with van der Waals surface area (Å²) in [5, 5.41) is 9.22. The van der Waals surface area contributed by atoms with Gasteiger partial charge in [0.05, 0.1) is 6.20 Å². The summed E-state index contributed by atoms with van der Waals surface area (Å²) in [6.45, 7) is 7.22. The van der Waals surface area contributed by atoms with Gasteiger partial charge in [0.15, 0.2) is 11.5 Å². The van der Waals surface area contributed by atoms with Crippen LogP contribution in [0.1, 0.15) is 27.2 Å². The molecular formula is C14H22N6O. The van der Waals surface area contributed by atoms with Crippen molar-refractivity contribution in [1.29, 1.82) is 0 Å². The minimum atomic E-state index is 0.0275. The summed E-state index contributed by atoms with van der Waals surface area (Å²) < 4.78 is 1.90. The zero-order valence-electron chi connectivity index (χ0n) is 12.7. The number of imidazole rings is 1. The molecule has 0 saturated heterocycles. The monoisotopic (exact) mass is 290 g/mol. The molecule has 0 fully saturated rings. The van der Waals surface area contributed by atoms with E-state index in [4.69, 9.17) is 0 Å². The number of nitrogens with zero attached hydrogens (tertiary/aromatic N) is 3. The van der Waals surface area contributed by atoms with Crippen LogP contribution in [0.25, 0.3) is 5.65 Å². The molecule has 1 amide bonds. The Balaban J connectivity index is 2.03. The van der Waals surface area contributed by atoms with Gasteiger partial charge in [0.25, 0.3) is 0 Å². The van der Waals surface area contributed by atoms with Crippen molar-refractivity contribution >= 4 is 23.2 Å². The van der Waals surface area contributed by atoms with E-state index in [1.165, 1.54) is 0 Å². The molecule has 2 aromatic heterocycles. The lowest BCUT2D eigenvalue weighted by Crippen LogP contribution is -2.31. The molecular weight excluding hydrogens is 268 g/mol. The normalized spacial score (nSPS) is 10.9. The number of nitrogens with one attached hydrogen (secondary N) is 3. The van der Waals surface area contributed by atoms with Gasteiger partial charge < -0.3 is 20.4 Å². The molecule has 3 N–H and O–H groups in total. The minimum absolute atomic E-state index is 0.0275. The molecule has 0 spiro atoms. The third-order valence-corrected chi connectivity index (χ3v) is 2.83. The first-order chi connectivity index (χ1) is 10.1. The van der Waals surface area contributed by atoms with E-state index in [-0.39, 0.29) is 11.9 Å². The van der Waals surface area contributed by atoms with E-state index in [0.717, 1.165) is 18.0 Å². The molecule has 0 bridgehead atoms. The van der Waals surface area contributed by atoms with Crippen molar-refractivity contribution in [1.82, 2.24) is 19.7 Å². The summed E-state index contributed by atoms with van der Waals surface area (Å²) in [6.07, 6.45) is 5.89. The molecule has 0 saturated carbocycles. The average Bonchev–Trinajstić information content (AvgIpc) is 2.86. The summed E-state index contributed by atoms with van der Waals surface area (Å²) >= 11 is 0. The quantitative estimate of drug-likeness (QED) is 0.719. The van der Waals surface area contributed by atoms with Gasteiger partial charge in [-0.05, 0) is 20.8 Å². The summed E-state index contributed by atoms with van der Waals surface area (Å²) in [4.78, 5) is 20.4. The maximum atomic E-state index is 11.6. The van der Waals surface area contributed by atoms with Crippen molar-refractivity contribution in [3.8, 4) is 0 Å². The Morgan fingerprint density at radius 2 is 2.19 bits per heavy atom. The number of carbonyl (C=O) groups excluding carboxylic acids is 1. The zero-order valence-corrected chi connectivity index (χ0v) is 12.7. The molecule has 0 aliphatic rings. The maximum absolute atomic E-state index is 11.6. The topological polar surface area (TPSA) is 83.3 Å². The number of hydrogen-bond acceptors (Lipinski definition) is 5. The highest BCUT2D eigenvalue weighted by Crippen LogP contribution is 2.16. The van der Waals surface area contributed by atoms with Crippen LogP contribution < -0.4 is 16.0 Å². The Morgan fingerprint density at radius 3 is 2.90 bits per heavy atom. The predicted molar refractivity (Wildman–Crippen MR) is 83.5 cm³/mol. The fourth-order valence-electron chi connectivity index (χ4n) is 2.01. The number of aromatic nitrogens is 3. The summed E-state index contributed by atoms with van der Waals surface area (Å²) in [7, 11) is 0. The fraction of sp³-hybridized carbons (Fsp3) is 0.500. The lowest BCUT2D eigenvalue weighted by molar-refractivity contribution is -0.121. The van der Waals surface area contributed by atoms with Gasteiger partial charge in [-0.3, -0.25) is 4.79 Å². The SMILES string of the molecule is CCNc1cn2ccnc2c(NCCC(=O)NC(C)C)n1. The molecule has 2 aromatic rings. The van der Waals surface area contributed by atoms with Gasteiger partial charge in [-0.2, -0.15) is 0 Å². The van der Waals surface area contributed by atoms with E-state index in [1.807, 2.05) is 37.6 Å². The molecule has 0 aliphatic heterocycles. The second-order valence-electron chi connectivity index (χ2n) is 5.06. The number of hydrogen-bond donors (Lipinski definition) is 3. The molecule has 7 nitrogen and oxygen atoms in total. The van der Waals surface area contributed by atoms with Crippen LogP contribution >= 0.6 is 0 Å². The predicted octanol–water partition coefficient (Wildman–Crippen LogP) is 1.49. The van der Waals surface area contributed by atoms with Crippen LogP contribution in [0.3, 0.4) is 0 Å². The van der Waals surface area contributed by atoms with Gasteiger partial charge in [-0.1, -0.05) is 0 Å². The molecule has 0 radical (unpaired) electrons. The molecule has 0 unspecified atom stereocenters. The molecule has 2 heterocycles. The molecule has 21 heavy (non-hydrogen) atoms. The van der Waals surface area contributed by atoms with Crippen LogP contribution in [0.5, 0.6) is 0 Å². The van der Waals surface area contributed by atoms with Crippen LogP contribution in [-0.2, 0) is 4.79 Å². The molecule has 7 heteroatoms. The van der Waals surface area contributed by atoms with E-state index in [0.29, 0.717) is 18.8 Å². The number of rotatable bonds is 7. The van der Waals surface area contributed by atoms with Crippen molar-refractivity contribution in [2.75, 3.05) is 23.7 Å². The van der Waals surface area contributed by atoms with Gasteiger partial charge in [-0.25, -0.2) is 9.97 Å². The Kier molecular flexibility index (Phi) is 4.97. The van der Waals surface area contributed by atoms with Crippen molar-refractivity contribution in [2.45, 2.75) is 33.2 Å². The molecule has 114 valence electrons. The Labute approximate surface area is 124 Å². The van der Waals surface area contributed by atoms with E-state index in [9.17, 15) is 4.79 Å². The number of fused-ring (bicyclic) bond motifs is 1. The fourth-order valence-corrected chi connectivity index (χ4v) is 2.01. The van der Waals surface area contributed by atoms with E-state index in [1.54, 1.807) is 6.20 Å². The summed E-state index contributed by atoms with van der Waals surface area (Å²) in [5.74, 6) is 1.48. The third-order valence-electron chi connectivity index (χ3n) is 2.83. The van der Waals surface area contributed by atoms with E-state index < -0.39 is 0 Å². The maximum Gasteiger partial charge on any atom is 0.221 e. The Morgan fingerprint density at radius 1 is 1.38 bits per heavy atom. The highest BCUT2D eigenvalue weighted by molar-refractivity contribution is 5.77. The zero-order chi connectivity index (χ0) is 15.2. The van der Waals surface area contributed by atoms with Gasteiger partial charge in [0.2, 0.25) is 5.91 Å². The van der Waals surface area contributed by atoms with Crippen molar-refractivity contribution in [3.05, 3.63) is 18.6 Å². The van der Waals surface area contributed by atoms with Crippen LogP contribution in [0.15, 0.2) is 18.6 Å². The Hall–Kier alpha value is -2.31. The van der Waals surface area contributed by atoms with Crippen LogP contribution in [-0.4, -0.2) is 39.4 Å². The third kappa shape index (κ3) is 4.08. The lowest BCUT2D eigenvalue weighted by atomic mass is 10.3. The van der Waals surface area contributed by atoms with Crippen LogP contribution in [0.2, 0.25) is 0 Å². The lowest BCUT2D eigenvalue weighted by Gasteiger charge is -2.11. The minimum Gasteiger partial charge on any atom is -0.369 e. The second kappa shape index (κ2) is 6.92.